The van der Waals surface area contributed by atoms with Crippen LogP contribution in [0, 0.1) is 5.92 Å². The first-order valence-electron chi connectivity index (χ1n) is 5.19. The number of carbonyl (C=O) groups is 1. The summed E-state index contributed by atoms with van der Waals surface area (Å²) in [6.07, 6.45) is 1.52. The number of ether oxygens (including phenoxy) is 1. The zero-order valence-corrected chi connectivity index (χ0v) is 10.4. The van der Waals surface area contributed by atoms with Crippen LogP contribution < -0.4 is 5.32 Å². The summed E-state index contributed by atoms with van der Waals surface area (Å²) in [5, 5.41) is 2.94. The summed E-state index contributed by atoms with van der Waals surface area (Å²) in [4.78, 5) is 11.8. The van der Waals surface area contributed by atoms with Crippen molar-refractivity contribution in [1.82, 2.24) is 5.32 Å². The first-order chi connectivity index (χ1) is 7.17. The van der Waals surface area contributed by atoms with Crippen LogP contribution in [0.5, 0.6) is 0 Å². The molecule has 0 aromatic heterocycles. The van der Waals surface area contributed by atoms with Crippen LogP contribution in [-0.2, 0) is 9.53 Å². The van der Waals surface area contributed by atoms with Gasteiger partial charge in [-0.25, -0.2) is 0 Å². The molecule has 1 N–H and O–H groups in total. The highest BCUT2D eigenvalue weighted by atomic mass is 35.5. The smallest absolute Gasteiger partial charge is 0.226 e. The van der Waals surface area contributed by atoms with E-state index in [1.165, 1.54) is 0 Å². The number of amides is 1. The van der Waals surface area contributed by atoms with Gasteiger partial charge in [0.2, 0.25) is 5.91 Å². The fourth-order valence-electron chi connectivity index (χ4n) is 1.48. The predicted molar refractivity (Wildman–Crippen MR) is 61.5 cm³/mol. The van der Waals surface area contributed by atoms with Crippen molar-refractivity contribution in [1.29, 1.82) is 0 Å². The van der Waals surface area contributed by atoms with Crippen LogP contribution in [-0.4, -0.2) is 36.4 Å². The molecule has 1 saturated heterocycles. The van der Waals surface area contributed by atoms with Crippen molar-refractivity contribution in [2.45, 2.75) is 25.3 Å². The second-order valence-electron chi connectivity index (χ2n) is 3.95. The molecule has 1 rings (SSSR count). The number of halogens is 2. The van der Waals surface area contributed by atoms with Crippen molar-refractivity contribution in [2.24, 2.45) is 5.92 Å². The summed E-state index contributed by atoms with van der Waals surface area (Å²) in [5.41, 5.74) is -0.469. The molecule has 1 heterocycles. The molecule has 0 saturated carbocycles. The second-order valence-corrected chi connectivity index (χ2v) is 4.49. The maximum absolute atomic E-state index is 11.8. The number of carbonyl (C=O) groups excluding carboxylic acids is 1. The maximum Gasteiger partial charge on any atom is 0.226 e. The van der Waals surface area contributed by atoms with E-state index >= 15 is 0 Å². The fourth-order valence-corrected chi connectivity index (χ4v) is 2.28. The zero-order chi connectivity index (χ0) is 11.3. The molecular formula is C10H17Cl2NO2. The monoisotopic (exact) mass is 253 g/mol. The summed E-state index contributed by atoms with van der Waals surface area (Å²) >= 11 is 11.7. The Kier molecular flexibility index (Phi) is 5.16. The minimum Gasteiger partial charge on any atom is -0.381 e. The lowest BCUT2D eigenvalue weighted by molar-refractivity contribution is -0.126. The number of nitrogens with one attached hydrogen (secondary N) is 1. The molecule has 1 amide bonds. The highest BCUT2D eigenvalue weighted by Gasteiger charge is 2.32. The Morgan fingerprint density at radius 2 is 2.20 bits per heavy atom. The molecule has 1 aliphatic rings. The molecule has 0 aromatic carbocycles. The molecular weight excluding hydrogens is 237 g/mol. The third-order valence-electron chi connectivity index (χ3n) is 2.88. The van der Waals surface area contributed by atoms with Gasteiger partial charge in [-0.1, -0.05) is 6.92 Å². The summed E-state index contributed by atoms with van der Waals surface area (Å²) < 4.78 is 5.17. The number of alkyl halides is 2. The Morgan fingerprint density at radius 1 is 1.53 bits per heavy atom. The molecule has 0 bridgehead atoms. The van der Waals surface area contributed by atoms with Crippen molar-refractivity contribution >= 4 is 29.1 Å². The third kappa shape index (κ3) is 3.23. The van der Waals surface area contributed by atoms with Gasteiger partial charge in [-0.3, -0.25) is 4.79 Å². The topological polar surface area (TPSA) is 38.3 Å². The van der Waals surface area contributed by atoms with Gasteiger partial charge in [0.15, 0.2) is 0 Å². The van der Waals surface area contributed by atoms with Crippen LogP contribution in [0.4, 0.5) is 0 Å². The van der Waals surface area contributed by atoms with Crippen LogP contribution in [0.15, 0.2) is 0 Å². The van der Waals surface area contributed by atoms with E-state index in [9.17, 15) is 4.79 Å². The minimum atomic E-state index is -0.469. The Hall–Kier alpha value is 0.01000. The molecule has 0 radical (unpaired) electrons. The third-order valence-corrected chi connectivity index (χ3v) is 3.90. The Bertz CT molecular complexity index is 205. The molecule has 1 aliphatic heterocycles. The molecule has 1 fully saturated rings. The van der Waals surface area contributed by atoms with E-state index in [0.29, 0.717) is 25.0 Å². The lowest BCUT2D eigenvalue weighted by Gasteiger charge is -2.30. The molecule has 15 heavy (non-hydrogen) atoms. The maximum atomic E-state index is 11.8. The van der Waals surface area contributed by atoms with E-state index in [1.807, 2.05) is 6.92 Å². The first kappa shape index (κ1) is 13.1. The molecule has 0 aromatic rings. The first-order valence-corrected chi connectivity index (χ1v) is 6.26. The van der Waals surface area contributed by atoms with Gasteiger partial charge < -0.3 is 10.1 Å². The van der Waals surface area contributed by atoms with Crippen molar-refractivity contribution in [2.75, 3.05) is 25.0 Å². The van der Waals surface area contributed by atoms with Gasteiger partial charge in [-0.15, -0.1) is 23.2 Å². The predicted octanol–water partition coefficient (Wildman–Crippen LogP) is 1.77. The molecule has 1 unspecified atom stereocenters. The summed E-state index contributed by atoms with van der Waals surface area (Å²) in [6, 6.07) is 0. The highest BCUT2D eigenvalue weighted by molar-refractivity contribution is 6.22. The quantitative estimate of drug-likeness (QED) is 0.759. The molecule has 88 valence electrons. The fraction of sp³-hybridized carbons (Fsp3) is 0.900. The standard InChI is InChI=1S/C10H17Cl2NO2/c1-2-10(6-11,7-12)13-9(14)8-3-4-15-5-8/h8H,2-7H2,1H3,(H,13,14). The van der Waals surface area contributed by atoms with Crippen LogP contribution in [0.2, 0.25) is 0 Å². The molecule has 3 nitrogen and oxygen atoms in total. The van der Waals surface area contributed by atoms with Gasteiger partial charge in [0.05, 0.1) is 18.1 Å². The van der Waals surface area contributed by atoms with Crippen LogP contribution >= 0.6 is 23.2 Å². The normalized spacial score (nSPS) is 21.7. The average molecular weight is 254 g/mol. The van der Waals surface area contributed by atoms with Gasteiger partial charge in [-0.2, -0.15) is 0 Å². The number of hydrogen-bond acceptors (Lipinski definition) is 2. The minimum absolute atomic E-state index is 0.00986. The Labute approximate surface area is 100 Å². The second kappa shape index (κ2) is 5.92. The van der Waals surface area contributed by atoms with E-state index < -0.39 is 5.54 Å². The average Bonchev–Trinajstić information content (AvgIpc) is 2.79. The lowest BCUT2D eigenvalue weighted by Crippen LogP contribution is -2.53. The van der Waals surface area contributed by atoms with Crippen LogP contribution in [0.3, 0.4) is 0 Å². The lowest BCUT2D eigenvalue weighted by atomic mass is 9.99. The number of hydrogen-bond donors (Lipinski definition) is 1. The number of rotatable bonds is 5. The van der Waals surface area contributed by atoms with E-state index in [2.05, 4.69) is 5.32 Å². The summed E-state index contributed by atoms with van der Waals surface area (Å²) in [5.74, 6) is 0.650. The molecule has 1 atom stereocenters. The Balaban J connectivity index is 2.53. The van der Waals surface area contributed by atoms with E-state index in [0.717, 1.165) is 12.8 Å². The Morgan fingerprint density at radius 3 is 2.60 bits per heavy atom. The SMILES string of the molecule is CCC(CCl)(CCl)NC(=O)C1CCOC1. The van der Waals surface area contributed by atoms with Crippen LogP contribution in [0.25, 0.3) is 0 Å². The zero-order valence-electron chi connectivity index (χ0n) is 8.89. The van der Waals surface area contributed by atoms with E-state index in [-0.39, 0.29) is 11.8 Å². The van der Waals surface area contributed by atoms with Gasteiger partial charge >= 0.3 is 0 Å². The van der Waals surface area contributed by atoms with Gasteiger partial charge in [0, 0.05) is 18.4 Å². The summed E-state index contributed by atoms with van der Waals surface area (Å²) in [7, 11) is 0. The van der Waals surface area contributed by atoms with Crippen molar-refractivity contribution < 1.29 is 9.53 Å². The van der Waals surface area contributed by atoms with Gasteiger partial charge in [0.25, 0.3) is 0 Å². The van der Waals surface area contributed by atoms with Crippen molar-refractivity contribution in [3.05, 3.63) is 0 Å². The molecule has 0 aliphatic carbocycles. The largest absolute Gasteiger partial charge is 0.381 e. The highest BCUT2D eigenvalue weighted by Crippen LogP contribution is 2.18. The van der Waals surface area contributed by atoms with Crippen molar-refractivity contribution in [3.8, 4) is 0 Å². The summed E-state index contributed by atoms with van der Waals surface area (Å²) in [6.45, 7) is 3.14. The molecule has 0 spiro atoms. The van der Waals surface area contributed by atoms with E-state index in [4.69, 9.17) is 27.9 Å². The van der Waals surface area contributed by atoms with E-state index in [1.54, 1.807) is 0 Å². The van der Waals surface area contributed by atoms with Gasteiger partial charge in [0.1, 0.15) is 0 Å². The van der Waals surface area contributed by atoms with Crippen LogP contribution in [0.1, 0.15) is 19.8 Å². The van der Waals surface area contributed by atoms with Gasteiger partial charge in [-0.05, 0) is 12.8 Å². The van der Waals surface area contributed by atoms with Crippen molar-refractivity contribution in [3.63, 3.8) is 0 Å². The molecule has 5 heteroatoms.